The molecule has 0 atom stereocenters. The van der Waals surface area contributed by atoms with Crippen molar-refractivity contribution in [2.24, 2.45) is 5.41 Å². The zero-order chi connectivity index (χ0) is 17.1. The third-order valence-electron chi connectivity index (χ3n) is 3.56. The first-order valence-corrected chi connectivity index (χ1v) is 8.78. The zero-order valence-electron chi connectivity index (χ0n) is 12.9. The minimum Gasteiger partial charge on any atom is -0.497 e. The fourth-order valence-electron chi connectivity index (χ4n) is 2.04. The van der Waals surface area contributed by atoms with Gasteiger partial charge in [-0.1, -0.05) is 12.1 Å². The van der Waals surface area contributed by atoms with Gasteiger partial charge in [0.1, 0.15) is 12.4 Å². The first kappa shape index (κ1) is 17.3. The lowest BCUT2D eigenvalue weighted by atomic mass is 10.0. The summed E-state index contributed by atoms with van der Waals surface area (Å²) in [6.07, 6.45) is 1.44. The maximum Gasteiger partial charge on any atom is 0.328 e. The van der Waals surface area contributed by atoms with Crippen molar-refractivity contribution in [2.75, 3.05) is 13.4 Å². The summed E-state index contributed by atoms with van der Waals surface area (Å²) < 4.78 is 36.5. The molecule has 0 N–H and O–H groups in total. The van der Waals surface area contributed by atoms with Gasteiger partial charge in [-0.2, -0.15) is 8.42 Å². The van der Waals surface area contributed by atoms with Crippen molar-refractivity contribution in [2.45, 2.75) is 25.9 Å². The maximum absolute atomic E-state index is 11.9. The normalized spacial score (nSPS) is 15.6. The van der Waals surface area contributed by atoms with Gasteiger partial charge in [-0.05, 0) is 30.5 Å². The molecule has 1 aromatic carbocycles. The summed E-state index contributed by atoms with van der Waals surface area (Å²) in [6.45, 7) is 0.0695. The van der Waals surface area contributed by atoms with Crippen LogP contribution in [-0.4, -0.2) is 33.7 Å². The topological polar surface area (TPSA) is 96.0 Å². The lowest BCUT2D eigenvalue weighted by Gasteiger charge is -2.12. The van der Waals surface area contributed by atoms with E-state index in [1.54, 1.807) is 31.4 Å². The molecule has 0 radical (unpaired) electrons. The average molecular weight is 342 g/mol. The summed E-state index contributed by atoms with van der Waals surface area (Å²) in [7, 11) is -2.32. The van der Waals surface area contributed by atoms with Crippen LogP contribution in [0.3, 0.4) is 0 Å². The van der Waals surface area contributed by atoms with Crippen LogP contribution in [0.5, 0.6) is 5.75 Å². The van der Waals surface area contributed by atoms with E-state index in [4.69, 9.17) is 9.47 Å². The molecule has 1 aliphatic rings. The van der Waals surface area contributed by atoms with Gasteiger partial charge in [0.05, 0.1) is 25.2 Å². The molecule has 0 unspecified atom stereocenters. The van der Waals surface area contributed by atoms with E-state index < -0.39 is 27.5 Å². The number of rotatable bonds is 7. The van der Waals surface area contributed by atoms with Gasteiger partial charge < -0.3 is 13.7 Å². The summed E-state index contributed by atoms with van der Waals surface area (Å²) in [5.74, 6) is -0.759. The van der Waals surface area contributed by atoms with Crippen molar-refractivity contribution in [1.29, 1.82) is 0 Å². The maximum atomic E-state index is 11.9. The van der Waals surface area contributed by atoms with Crippen molar-refractivity contribution < 1.29 is 31.7 Å². The molecule has 0 heterocycles. The molecule has 2 rings (SSSR count). The van der Waals surface area contributed by atoms with Crippen molar-refractivity contribution in [3.05, 3.63) is 29.8 Å². The van der Waals surface area contributed by atoms with Crippen LogP contribution in [0, 0.1) is 5.41 Å². The highest BCUT2D eigenvalue weighted by Gasteiger charge is 2.54. The van der Waals surface area contributed by atoms with Crippen LogP contribution in [0.2, 0.25) is 0 Å². The quantitative estimate of drug-likeness (QED) is 0.546. The Morgan fingerprint density at radius 2 is 1.78 bits per heavy atom. The fourth-order valence-corrected chi connectivity index (χ4v) is 2.49. The zero-order valence-corrected chi connectivity index (χ0v) is 13.7. The molecule has 7 nitrogen and oxygen atoms in total. The molecule has 0 bridgehead atoms. The monoisotopic (exact) mass is 342 g/mol. The highest BCUT2D eigenvalue weighted by molar-refractivity contribution is 7.86. The first-order chi connectivity index (χ1) is 10.7. The third kappa shape index (κ3) is 4.95. The molecule has 1 saturated carbocycles. The van der Waals surface area contributed by atoms with E-state index in [0.717, 1.165) is 11.8 Å². The van der Waals surface area contributed by atoms with E-state index >= 15 is 0 Å². The van der Waals surface area contributed by atoms with Gasteiger partial charge >= 0.3 is 22.1 Å². The van der Waals surface area contributed by atoms with Gasteiger partial charge in [-0.15, -0.1) is 0 Å². The van der Waals surface area contributed by atoms with Gasteiger partial charge in [-0.25, -0.2) is 0 Å². The Kier molecular flexibility index (Phi) is 4.93. The third-order valence-corrected chi connectivity index (χ3v) is 4.01. The minimum atomic E-state index is -3.88. The predicted molar refractivity (Wildman–Crippen MR) is 80.0 cm³/mol. The smallest absolute Gasteiger partial charge is 0.328 e. The Balaban J connectivity index is 1.85. The van der Waals surface area contributed by atoms with Crippen LogP contribution >= 0.6 is 0 Å². The molecule has 0 aromatic heterocycles. The van der Waals surface area contributed by atoms with Crippen LogP contribution in [0.4, 0.5) is 0 Å². The highest BCUT2D eigenvalue weighted by Crippen LogP contribution is 2.50. The van der Waals surface area contributed by atoms with Crippen molar-refractivity contribution in [3.8, 4) is 5.75 Å². The lowest BCUT2D eigenvalue weighted by Crippen LogP contribution is -2.25. The Hall–Kier alpha value is -2.09. The molecule has 8 heteroatoms. The molecule has 0 aliphatic heterocycles. The molecule has 126 valence electrons. The predicted octanol–water partition coefficient (Wildman–Crippen LogP) is 1.41. The van der Waals surface area contributed by atoms with E-state index in [9.17, 15) is 18.0 Å². The van der Waals surface area contributed by atoms with Gasteiger partial charge in [-0.3, -0.25) is 9.59 Å². The molecular formula is C15H18O7S. The highest BCUT2D eigenvalue weighted by atomic mass is 32.2. The lowest BCUT2D eigenvalue weighted by molar-refractivity contribution is -0.152. The van der Waals surface area contributed by atoms with Crippen LogP contribution in [0.15, 0.2) is 24.3 Å². The van der Waals surface area contributed by atoms with Crippen LogP contribution < -0.4 is 4.74 Å². The van der Waals surface area contributed by atoms with Crippen molar-refractivity contribution in [1.82, 2.24) is 0 Å². The summed E-state index contributed by atoms with van der Waals surface area (Å²) >= 11 is 0. The molecular weight excluding hydrogens is 324 g/mol. The molecule has 1 aromatic rings. The SMILES string of the molecule is COc1ccc(COC(=O)CC2(C(=O)OS(C)(=O)=O)CC2)cc1. The van der Waals surface area contributed by atoms with E-state index in [0.29, 0.717) is 18.6 Å². The fraction of sp³-hybridized carbons (Fsp3) is 0.467. The number of benzene rings is 1. The Morgan fingerprint density at radius 1 is 1.17 bits per heavy atom. The molecule has 0 spiro atoms. The Bertz CT molecular complexity index is 687. The second kappa shape index (κ2) is 6.57. The molecule has 1 fully saturated rings. The first-order valence-electron chi connectivity index (χ1n) is 6.96. The molecule has 0 saturated heterocycles. The van der Waals surface area contributed by atoms with Gasteiger partial charge in [0.25, 0.3) is 0 Å². The average Bonchev–Trinajstić information content (AvgIpc) is 3.25. The van der Waals surface area contributed by atoms with Crippen LogP contribution in [0.1, 0.15) is 24.8 Å². The molecule has 23 heavy (non-hydrogen) atoms. The second-order valence-electron chi connectivity index (χ2n) is 5.54. The van der Waals surface area contributed by atoms with E-state index in [1.807, 2.05) is 0 Å². The van der Waals surface area contributed by atoms with Gasteiger partial charge in [0.15, 0.2) is 0 Å². The van der Waals surface area contributed by atoms with Gasteiger partial charge in [0.2, 0.25) is 0 Å². The number of carbonyl (C=O) groups is 2. The molecule has 0 amide bonds. The Labute approximate surface area is 134 Å². The number of ether oxygens (including phenoxy) is 2. The number of hydrogen-bond donors (Lipinski definition) is 0. The second-order valence-corrected chi connectivity index (χ2v) is 7.12. The number of hydrogen-bond acceptors (Lipinski definition) is 7. The largest absolute Gasteiger partial charge is 0.497 e. The molecule has 1 aliphatic carbocycles. The van der Waals surface area contributed by atoms with Gasteiger partial charge in [0, 0.05) is 0 Å². The van der Waals surface area contributed by atoms with E-state index in [1.165, 1.54) is 0 Å². The van der Waals surface area contributed by atoms with Crippen LogP contribution in [-0.2, 0) is 35.2 Å². The summed E-state index contributed by atoms with van der Waals surface area (Å²) in [5, 5.41) is 0. The summed E-state index contributed by atoms with van der Waals surface area (Å²) in [5.41, 5.74) is -0.275. The minimum absolute atomic E-state index is 0.0695. The van der Waals surface area contributed by atoms with Crippen LogP contribution in [0.25, 0.3) is 0 Å². The van der Waals surface area contributed by atoms with E-state index in [2.05, 4.69) is 4.18 Å². The number of esters is 1. The van der Waals surface area contributed by atoms with E-state index in [-0.39, 0.29) is 13.0 Å². The Morgan fingerprint density at radius 3 is 2.26 bits per heavy atom. The van der Waals surface area contributed by atoms with Crippen molar-refractivity contribution in [3.63, 3.8) is 0 Å². The standard InChI is InChI=1S/C15H18O7S/c1-20-12-5-3-11(4-6-12)10-21-13(16)9-15(7-8-15)14(17)22-23(2,18)19/h3-6H,7-10H2,1-2H3. The summed E-state index contributed by atoms with van der Waals surface area (Å²) in [4.78, 5) is 23.7. The number of carbonyl (C=O) groups excluding carboxylic acids is 2. The van der Waals surface area contributed by atoms with Crippen molar-refractivity contribution >= 4 is 22.1 Å². The number of methoxy groups -OCH3 is 1. The summed E-state index contributed by atoms with van der Waals surface area (Å²) in [6, 6.07) is 7.01.